The van der Waals surface area contributed by atoms with E-state index in [2.05, 4.69) is 12.1 Å². The van der Waals surface area contributed by atoms with Gasteiger partial charge in [0.05, 0.1) is 0 Å². The Morgan fingerprint density at radius 2 is 1.94 bits per heavy atom. The van der Waals surface area contributed by atoms with E-state index in [1.54, 1.807) is 11.9 Å². The number of carbonyl (C=O) groups excluding carboxylic acids is 1. The van der Waals surface area contributed by atoms with Gasteiger partial charge in [-0.05, 0) is 6.42 Å². The van der Waals surface area contributed by atoms with Crippen molar-refractivity contribution in [3.63, 3.8) is 0 Å². The normalized spacial score (nSPS) is 13.4. The number of amides is 1. The summed E-state index contributed by atoms with van der Waals surface area (Å²) in [5.74, 6) is 0.172. The molecule has 0 aliphatic rings. The second-order valence-electron chi connectivity index (χ2n) is 4.86. The summed E-state index contributed by atoms with van der Waals surface area (Å²) in [6, 6.07) is 0. The number of oxime groups is 1. The molecule has 106 valence electrons. The number of hydrogen-bond donors (Lipinski definition) is 2. The summed E-state index contributed by atoms with van der Waals surface area (Å²) in [7, 11) is 1.76. The Bertz CT molecular complexity index is 267. The molecule has 0 rings (SSSR count). The summed E-state index contributed by atoms with van der Waals surface area (Å²) in [5, 5.41) is 11.5. The van der Waals surface area contributed by atoms with Gasteiger partial charge in [0.1, 0.15) is 5.84 Å². The average Bonchev–Trinajstić information content (AvgIpc) is 2.36. The van der Waals surface area contributed by atoms with E-state index in [1.807, 2.05) is 6.92 Å². The minimum atomic E-state index is -0.121. The first kappa shape index (κ1) is 16.7. The first-order chi connectivity index (χ1) is 8.52. The Morgan fingerprint density at radius 1 is 1.33 bits per heavy atom. The highest BCUT2D eigenvalue weighted by atomic mass is 16.4. The number of amidine groups is 1. The molecular weight excluding hydrogens is 230 g/mol. The lowest BCUT2D eigenvalue weighted by Gasteiger charge is -2.20. The van der Waals surface area contributed by atoms with E-state index in [0.717, 1.165) is 12.8 Å². The summed E-state index contributed by atoms with van der Waals surface area (Å²) in [4.78, 5) is 13.5. The molecule has 0 aliphatic heterocycles. The second kappa shape index (κ2) is 9.74. The minimum Gasteiger partial charge on any atom is -0.409 e. The van der Waals surface area contributed by atoms with Gasteiger partial charge < -0.3 is 15.8 Å². The Labute approximate surface area is 110 Å². The van der Waals surface area contributed by atoms with E-state index >= 15 is 0 Å². The molecule has 3 N–H and O–H groups in total. The van der Waals surface area contributed by atoms with Crippen molar-refractivity contribution in [2.24, 2.45) is 16.8 Å². The summed E-state index contributed by atoms with van der Waals surface area (Å²) < 4.78 is 0. The molecule has 0 saturated heterocycles. The van der Waals surface area contributed by atoms with Crippen LogP contribution < -0.4 is 5.73 Å². The maximum absolute atomic E-state index is 11.8. The Kier molecular flexibility index (Phi) is 9.06. The SMILES string of the molecule is CCCCCCCC(=O)N(C)CC(C)/C(N)=N/O. The fourth-order valence-corrected chi connectivity index (χ4v) is 1.78. The smallest absolute Gasteiger partial charge is 0.222 e. The Hall–Kier alpha value is -1.26. The van der Waals surface area contributed by atoms with Crippen LogP contribution in [0.1, 0.15) is 52.4 Å². The summed E-state index contributed by atoms with van der Waals surface area (Å²) in [5.41, 5.74) is 5.48. The van der Waals surface area contributed by atoms with Crippen LogP contribution in [0.15, 0.2) is 5.16 Å². The molecule has 0 aromatic carbocycles. The molecule has 0 radical (unpaired) electrons. The number of rotatable bonds is 9. The summed E-state index contributed by atoms with van der Waals surface area (Å²) in [6.07, 6.45) is 6.30. The zero-order chi connectivity index (χ0) is 14.0. The van der Waals surface area contributed by atoms with Crippen LogP contribution in [0.2, 0.25) is 0 Å². The van der Waals surface area contributed by atoms with Crippen LogP contribution in [0.3, 0.4) is 0 Å². The molecule has 1 unspecified atom stereocenters. The predicted octanol–water partition coefficient (Wildman–Crippen LogP) is 2.19. The maximum atomic E-state index is 11.8. The van der Waals surface area contributed by atoms with Crippen molar-refractivity contribution in [3.05, 3.63) is 0 Å². The lowest BCUT2D eigenvalue weighted by atomic mass is 10.1. The molecule has 0 fully saturated rings. The Morgan fingerprint density at radius 3 is 2.50 bits per heavy atom. The molecule has 1 amide bonds. The van der Waals surface area contributed by atoms with E-state index in [-0.39, 0.29) is 17.7 Å². The highest BCUT2D eigenvalue weighted by Crippen LogP contribution is 2.07. The zero-order valence-electron chi connectivity index (χ0n) is 11.9. The van der Waals surface area contributed by atoms with Gasteiger partial charge in [0, 0.05) is 25.9 Å². The fourth-order valence-electron chi connectivity index (χ4n) is 1.78. The van der Waals surface area contributed by atoms with Crippen molar-refractivity contribution in [2.45, 2.75) is 52.4 Å². The van der Waals surface area contributed by atoms with Gasteiger partial charge in [-0.1, -0.05) is 44.7 Å². The molecule has 0 aromatic heterocycles. The van der Waals surface area contributed by atoms with Gasteiger partial charge in [-0.25, -0.2) is 0 Å². The highest BCUT2D eigenvalue weighted by molar-refractivity contribution is 5.83. The third-order valence-corrected chi connectivity index (χ3v) is 3.09. The number of carbonyl (C=O) groups is 1. The third kappa shape index (κ3) is 7.14. The van der Waals surface area contributed by atoms with Crippen molar-refractivity contribution in [1.29, 1.82) is 0 Å². The van der Waals surface area contributed by atoms with E-state index < -0.39 is 0 Å². The number of hydrogen-bond acceptors (Lipinski definition) is 3. The van der Waals surface area contributed by atoms with Gasteiger partial charge in [-0.2, -0.15) is 0 Å². The predicted molar refractivity (Wildman–Crippen MR) is 73.6 cm³/mol. The minimum absolute atomic E-state index is 0.121. The van der Waals surface area contributed by atoms with Crippen molar-refractivity contribution in [1.82, 2.24) is 4.90 Å². The van der Waals surface area contributed by atoms with E-state index in [0.29, 0.717) is 13.0 Å². The van der Waals surface area contributed by atoms with Crippen LogP contribution in [0.5, 0.6) is 0 Å². The van der Waals surface area contributed by atoms with Crippen molar-refractivity contribution in [2.75, 3.05) is 13.6 Å². The first-order valence-corrected chi connectivity index (χ1v) is 6.74. The summed E-state index contributed by atoms with van der Waals surface area (Å²) >= 11 is 0. The molecule has 0 aromatic rings. The Balaban J connectivity index is 3.82. The average molecular weight is 257 g/mol. The van der Waals surface area contributed by atoms with Crippen LogP contribution in [-0.2, 0) is 4.79 Å². The van der Waals surface area contributed by atoms with Crippen molar-refractivity contribution >= 4 is 11.7 Å². The van der Waals surface area contributed by atoms with Crippen LogP contribution in [0, 0.1) is 5.92 Å². The monoisotopic (exact) mass is 257 g/mol. The van der Waals surface area contributed by atoms with E-state index in [9.17, 15) is 4.79 Å². The molecule has 0 spiro atoms. The van der Waals surface area contributed by atoms with Gasteiger partial charge >= 0.3 is 0 Å². The second-order valence-corrected chi connectivity index (χ2v) is 4.86. The van der Waals surface area contributed by atoms with Gasteiger partial charge in [0.2, 0.25) is 5.91 Å². The van der Waals surface area contributed by atoms with Gasteiger partial charge in [0.15, 0.2) is 0 Å². The van der Waals surface area contributed by atoms with E-state index in [1.165, 1.54) is 19.3 Å². The van der Waals surface area contributed by atoms with E-state index in [4.69, 9.17) is 10.9 Å². The largest absolute Gasteiger partial charge is 0.409 e. The van der Waals surface area contributed by atoms with Gasteiger partial charge in [-0.15, -0.1) is 0 Å². The zero-order valence-corrected chi connectivity index (χ0v) is 11.9. The van der Waals surface area contributed by atoms with Crippen LogP contribution in [0.4, 0.5) is 0 Å². The van der Waals surface area contributed by atoms with Crippen molar-refractivity contribution < 1.29 is 10.0 Å². The van der Waals surface area contributed by atoms with Gasteiger partial charge in [-0.3, -0.25) is 4.79 Å². The fraction of sp³-hybridized carbons (Fsp3) is 0.846. The molecule has 0 heterocycles. The topological polar surface area (TPSA) is 78.9 Å². The number of unbranched alkanes of at least 4 members (excludes halogenated alkanes) is 4. The van der Waals surface area contributed by atoms with Gasteiger partial charge in [0.25, 0.3) is 0 Å². The molecular formula is C13H27N3O2. The first-order valence-electron chi connectivity index (χ1n) is 6.74. The number of nitrogens with two attached hydrogens (primary N) is 1. The molecule has 5 nitrogen and oxygen atoms in total. The molecule has 0 aliphatic carbocycles. The quantitative estimate of drug-likeness (QED) is 0.218. The lowest BCUT2D eigenvalue weighted by Crippen LogP contribution is -2.36. The molecule has 5 heteroatoms. The van der Waals surface area contributed by atoms with Crippen LogP contribution >= 0.6 is 0 Å². The summed E-state index contributed by atoms with van der Waals surface area (Å²) in [6.45, 7) is 4.50. The molecule has 1 atom stereocenters. The van der Waals surface area contributed by atoms with Crippen molar-refractivity contribution in [3.8, 4) is 0 Å². The standard InChI is InChI=1S/C13H27N3O2/c1-4-5-6-7-8-9-12(17)16(3)10-11(2)13(14)15-18/h11,18H,4-10H2,1-3H3,(H2,14,15). The van der Waals surface area contributed by atoms with Crippen LogP contribution in [-0.4, -0.2) is 35.4 Å². The lowest BCUT2D eigenvalue weighted by molar-refractivity contribution is -0.130. The third-order valence-electron chi connectivity index (χ3n) is 3.09. The molecule has 0 saturated carbocycles. The maximum Gasteiger partial charge on any atom is 0.222 e. The molecule has 0 bridgehead atoms. The molecule has 18 heavy (non-hydrogen) atoms. The number of nitrogens with zero attached hydrogens (tertiary/aromatic N) is 2. The highest BCUT2D eigenvalue weighted by Gasteiger charge is 2.14. The van der Waals surface area contributed by atoms with Crippen LogP contribution in [0.25, 0.3) is 0 Å².